The molecule has 1 heterocycles. The van der Waals surface area contributed by atoms with Gasteiger partial charge in [-0.25, -0.2) is 0 Å². The van der Waals surface area contributed by atoms with Crippen LogP contribution in [-0.2, 0) is 4.79 Å². The number of nitrogens with one attached hydrogen (secondary N) is 1. The van der Waals surface area contributed by atoms with E-state index in [4.69, 9.17) is 9.47 Å². The van der Waals surface area contributed by atoms with Crippen LogP contribution in [-0.4, -0.2) is 50.6 Å². The van der Waals surface area contributed by atoms with Crippen molar-refractivity contribution in [3.05, 3.63) is 59.7 Å². The van der Waals surface area contributed by atoms with Crippen LogP contribution in [0, 0.1) is 5.92 Å². The van der Waals surface area contributed by atoms with Crippen molar-refractivity contribution < 1.29 is 19.1 Å². The number of benzene rings is 2. The third kappa shape index (κ3) is 4.93. The minimum absolute atomic E-state index is 0.00482. The van der Waals surface area contributed by atoms with Gasteiger partial charge in [-0.15, -0.1) is 0 Å². The molecule has 0 radical (unpaired) electrons. The van der Waals surface area contributed by atoms with Gasteiger partial charge in [0, 0.05) is 31.1 Å². The first-order chi connectivity index (χ1) is 14.6. The summed E-state index contributed by atoms with van der Waals surface area (Å²) in [5.41, 5.74) is 1.60. The quantitative estimate of drug-likeness (QED) is 0.677. The number of amides is 2. The van der Waals surface area contributed by atoms with Gasteiger partial charge in [-0.05, 0) is 42.3 Å². The van der Waals surface area contributed by atoms with Crippen molar-refractivity contribution in [2.75, 3.05) is 33.9 Å². The molecule has 0 aromatic heterocycles. The van der Waals surface area contributed by atoms with Crippen molar-refractivity contribution >= 4 is 11.8 Å². The summed E-state index contributed by atoms with van der Waals surface area (Å²) in [6, 6.07) is 14.9. The highest BCUT2D eigenvalue weighted by Gasteiger charge is 2.40. The first-order valence-electron chi connectivity index (χ1n) is 10.4. The van der Waals surface area contributed by atoms with Crippen LogP contribution in [0.1, 0.15) is 41.6 Å². The molecular formula is C24H30N2O4. The minimum Gasteiger partial charge on any atom is -0.497 e. The smallest absolute Gasteiger partial charge is 0.254 e. The highest BCUT2D eigenvalue weighted by molar-refractivity contribution is 5.95. The minimum atomic E-state index is -0.287. The third-order valence-corrected chi connectivity index (χ3v) is 5.63. The number of unbranched alkanes of at least 4 members (excludes halogenated alkanes) is 1. The van der Waals surface area contributed by atoms with E-state index in [-0.39, 0.29) is 23.7 Å². The molecule has 2 amide bonds. The Morgan fingerprint density at radius 3 is 2.43 bits per heavy atom. The molecule has 2 aromatic carbocycles. The van der Waals surface area contributed by atoms with Gasteiger partial charge in [0.1, 0.15) is 11.5 Å². The summed E-state index contributed by atoms with van der Waals surface area (Å²) < 4.78 is 10.5. The molecule has 2 unspecified atom stereocenters. The zero-order valence-electron chi connectivity index (χ0n) is 17.9. The Morgan fingerprint density at radius 2 is 1.77 bits per heavy atom. The Hall–Kier alpha value is -3.02. The number of likely N-dealkylation sites (tertiary alicyclic amines) is 1. The zero-order chi connectivity index (χ0) is 21.5. The van der Waals surface area contributed by atoms with Gasteiger partial charge in [-0.3, -0.25) is 9.59 Å². The Kier molecular flexibility index (Phi) is 7.33. The highest BCUT2D eigenvalue weighted by Crippen LogP contribution is 2.34. The number of ether oxygens (including phenoxy) is 2. The van der Waals surface area contributed by atoms with E-state index in [1.807, 2.05) is 30.3 Å². The second-order valence-electron chi connectivity index (χ2n) is 7.57. The summed E-state index contributed by atoms with van der Waals surface area (Å²) in [5, 5.41) is 3.04. The van der Waals surface area contributed by atoms with Crippen molar-refractivity contribution in [3.8, 4) is 11.5 Å². The highest BCUT2D eigenvalue weighted by atomic mass is 16.5. The lowest BCUT2D eigenvalue weighted by atomic mass is 9.88. The maximum atomic E-state index is 13.1. The molecule has 1 saturated heterocycles. The van der Waals surface area contributed by atoms with Crippen LogP contribution in [0.5, 0.6) is 11.5 Å². The molecule has 1 aliphatic rings. The standard InChI is InChI=1S/C24H30N2O4/c1-4-5-13-25-23(27)22-16-26(24(28)18-7-6-8-20(14-18)30-3)15-21(22)17-9-11-19(29-2)12-10-17/h6-12,14,21-22H,4-5,13,15-16H2,1-3H3,(H,25,27). The third-order valence-electron chi connectivity index (χ3n) is 5.63. The van der Waals surface area contributed by atoms with E-state index in [0.717, 1.165) is 24.2 Å². The summed E-state index contributed by atoms with van der Waals surface area (Å²) in [6.07, 6.45) is 1.96. The number of carbonyl (C=O) groups is 2. The summed E-state index contributed by atoms with van der Waals surface area (Å²) in [5.74, 6) is 0.976. The molecule has 3 rings (SSSR count). The van der Waals surface area contributed by atoms with Gasteiger partial charge in [0.2, 0.25) is 5.91 Å². The Morgan fingerprint density at radius 1 is 1.03 bits per heavy atom. The first-order valence-corrected chi connectivity index (χ1v) is 10.4. The monoisotopic (exact) mass is 410 g/mol. The van der Waals surface area contributed by atoms with Crippen LogP contribution in [0.15, 0.2) is 48.5 Å². The summed E-state index contributed by atoms with van der Waals surface area (Å²) in [7, 11) is 3.21. The Bertz CT molecular complexity index is 866. The maximum Gasteiger partial charge on any atom is 0.254 e. The van der Waals surface area contributed by atoms with Crippen molar-refractivity contribution in [1.29, 1.82) is 0 Å². The van der Waals surface area contributed by atoms with E-state index in [2.05, 4.69) is 12.2 Å². The van der Waals surface area contributed by atoms with Crippen molar-refractivity contribution in [2.24, 2.45) is 5.92 Å². The fraction of sp³-hybridized carbons (Fsp3) is 0.417. The normalized spacial score (nSPS) is 18.2. The molecule has 0 bridgehead atoms. The van der Waals surface area contributed by atoms with Gasteiger partial charge >= 0.3 is 0 Å². The lowest BCUT2D eigenvalue weighted by Crippen LogP contribution is -2.36. The van der Waals surface area contributed by atoms with Gasteiger partial charge < -0.3 is 19.7 Å². The van der Waals surface area contributed by atoms with Crippen LogP contribution in [0.25, 0.3) is 0 Å². The lowest BCUT2D eigenvalue weighted by Gasteiger charge is -2.18. The summed E-state index contributed by atoms with van der Waals surface area (Å²) in [4.78, 5) is 27.8. The van der Waals surface area contributed by atoms with Crippen molar-refractivity contribution in [1.82, 2.24) is 10.2 Å². The van der Waals surface area contributed by atoms with Crippen LogP contribution in [0.2, 0.25) is 0 Å². The van der Waals surface area contributed by atoms with Gasteiger partial charge in [0.15, 0.2) is 0 Å². The fourth-order valence-corrected chi connectivity index (χ4v) is 3.88. The molecule has 2 aromatic rings. The summed E-state index contributed by atoms with van der Waals surface area (Å²) >= 11 is 0. The molecule has 0 saturated carbocycles. The van der Waals surface area contributed by atoms with E-state index < -0.39 is 0 Å². The molecule has 0 spiro atoms. The van der Waals surface area contributed by atoms with Gasteiger partial charge in [0.05, 0.1) is 20.1 Å². The zero-order valence-corrected chi connectivity index (χ0v) is 17.9. The largest absolute Gasteiger partial charge is 0.497 e. The van der Waals surface area contributed by atoms with Gasteiger partial charge in [0.25, 0.3) is 5.91 Å². The van der Waals surface area contributed by atoms with E-state index in [0.29, 0.717) is 30.9 Å². The van der Waals surface area contributed by atoms with Crippen LogP contribution >= 0.6 is 0 Å². The number of hydrogen-bond donors (Lipinski definition) is 1. The Balaban J connectivity index is 1.82. The predicted octanol–water partition coefficient (Wildman–Crippen LogP) is 3.48. The molecule has 1 N–H and O–H groups in total. The molecule has 160 valence electrons. The fourth-order valence-electron chi connectivity index (χ4n) is 3.88. The predicted molar refractivity (Wildman–Crippen MR) is 116 cm³/mol. The number of nitrogens with zero attached hydrogens (tertiary/aromatic N) is 1. The van der Waals surface area contributed by atoms with E-state index in [1.165, 1.54) is 0 Å². The topological polar surface area (TPSA) is 67.9 Å². The lowest BCUT2D eigenvalue weighted by molar-refractivity contribution is -0.124. The molecule has 1 fully saturated rings. The molecular weight excluding hydrogens is 380 g/mol. The van der Waals surface area contributed by atoms with Gasteiger partial charge in [-0.1, -0.05) is 31.5 Å². The SMILES string of the molecule is CCCCNC(=O)C1CN(C(=O)c2cccc(OC)c2)CC1c1ccc(OC)cc1. The molecule has 0 aliphatic carbocycles. The number of methoxy groups -OCH3 is 2. The molecule has 6 heteroatoms. The second kappa shape index (κ2) is 10.1. The number of carbonyl (C=O) groups excluding carboxylic acids is 2. The average Bonchev–Trinajstić information content (AvgIpc) is 3.24. The van der Waals surface area contributed by atoms with E-state index >= 15 is 0 Å². The van der Waals surface area contributed by atoms with Gasteiger partial charge in [-0.2, -0.15) is 0 Å². The Labute approximate surface area is 178 Å². The number of rotatable bonds is 8. The van der Waals surface area contributed by atoms with Crippen LogP contribution < -0.4 is 14.8 Å². The van der Waals surface area contributed by atoms with Crippen molar-refractivity contribution in [2.45, 2.75) is 25.7 Å². The van der Waals surface area contributed by atoms with Crippen LogP contribution in [0.4, 0.5) is 0 Å². The molecule has 6 nitrogen and oxygen atoms in total. The molecule has 2 atom stereocenters. The van der Waals surface area contributed by atoms with E-state index in [9.17, 15) is 9.59 Å². The molecule has 30 heavy (non-hydrogen) atoms. The number of hydrogen-bond acceptors (Lipinski definition) is 4. The first kappa shape index (κ1) is 21.7. The molecule has 1 aliphatic heterocycles. The average molecular weight is 411 g/mol. The second-order valence-corrected chi connectivity index (χ2v) is 7.57. The van der Waals surface area contributed by atoms with Crippen LogP contribution in [0.3, 0.4) is 0 Å². The van der Waals surface area contributed by atoms with Crippen molar-refractivity contribution in [3.63, 3.8) is 0 Å². The van der Waals surface area contributed by atoms with E-state index in [1.54, 1.807) is 37.3 Å². The summed E-state index contributed by atoms with van der Waals surface area (Å²) in [6.45, 7) is 3.64. The maximum absolute atomic E-state index is 13.1.